The Kier molecular flexibility index (Phi) is 6.20. The normalized spacial score (nSPS) is 14.0. The summed E-state index contributed by atoms with van der Waals surface area (Å²) in [6.07, 6.45) is 0.952. The van der Waals surface area contributed by atoms with Crippen molar-refractivity contribution in [3.8, 4) is 0 Å². The summed E-state index contributed by atoms with van der Waals surface area (Å²) in [6, 6.07) is 10.3. The Bertz CT molecular complexity index is 366. The van der Waals surface area contributed by atoms with Gasteiger partial charge in [0.15, 0.2) is 0 Å². The summed E-state index contributed by atoms with van der Waals surface area (Å²) in [7, 11) is 0. The van der Waals surface area contributed by atoms with Crippen LogP contribution in [0.3, 0.4) is 0 Å². The molecule has 0 radical (unpaired) electrons. The van der Waals surface area contributed by atoms with E-state index >= 15 is 0 Å². The fraction of sp³-hybridized carbons (Fsp3) is 0.533. The Morgan fingerprint density at radius 2 is 1.89 bits per heavy atom. The third kappa shape index (κ3) is 4.02. The molecule has 18 heavy (non-hydrogen) atoms. The van der Waals surface area contributed by atoms with E-state index in [2.05, 4.69) is 13.8 Å². The Morgan fingerprint density at radius 3 is 2.39 bits per heavy atom. The highest BCUT2D eigenvalue weighted by atomic mass is 35.5. The van der Waals surface area contributed by atoms with Crippen LogP contribution < -0.4 is 0 Å². The molecule has 2 unspecified atom stereocenters. The van der Waals surface area contributed by atoms with Crippen molar-refractivity contribution >= 4 is 17.5 Å². The lowest BCUT2D eigenvalue weighted by molar-refractivity contribution is -0.137. The van der Waals surface area contributed by atoms with Crippen molar-refractivity contribution in [2.75, 3.05) is 5.88 Å². The standard InChI is InChI=1S/C15H22ClNO/c1-4-13(3)17(15(18)12(2)10-16)11-14-8-6-5-7-9-14/h5-9,12-13H,4,10-11H2,1-3H3. The number of halogens is 1. The van der Waals surface area contributed by atoms with Gasteiger partial charge in [-0.15, -0.1) is 11.6 Å². The third-order valence-corrected chi connectivity index (χ3v) is 3.72. The van der Waals surface area contributed by atoms with Crippen molar-refractivity contribution in [3.63, 3.8) is 0 Å². The second kappa shape index (κ2) is 7.42. The maximum atomic E-state index is 12.3. The summed E-state index contributed by atoms with van der Waals surface area (Å²) >= 11 is 5.79. The third-order valence-electron chi connectivity index (χ3n) is 3.25. The zero-order valence-electron chi connectivity index (χ0n) is 11.4. The minimum absolute atomic E-state index is 0.121. The average Bonchev–Trinajstić information content (AvgIpc) is 2.43. The number of nitrogens with zero attached hydrogens (tertiary/aromatic N) is 1. The summed E-state index contributed by atoms with van der Waals surface area (Å²) in [4.78, 5) is 14.3. The Hall–Kier alpha value is -1.02. The summed E-state index contributed by atoms with van der Waals surface area (Å²) in [5.74, 6) is 0.396. The summed E-state index contributed by atoms with van der Waals surface area (Å²) in [5.41, 5.74) is 1.16. The van der Waals surface area contributed by atoms with E-state index in [-0.39, 0.29) is 17.9 Å². The summed E-state index contributed by atoms with van der Waals surface area (Å²) in [5, 5.41) is 0. The molecule has 100 valence electrons. The molecule has 1 aromatic rings. The maximum Gasteiger partial charge on any atom is 0.227 e. The van der Waals surface area contributed by atoms with Crippen molar-refractivity contribution in [1.29, 1.82) is 0 Å². The van der Waals surface area contributed by atoms with Gasteiger partial charge in [-0.1, -0.05) is 44.2 Å². The number of rotatable bonds is 6. The van der Waals surface area contributed by atoms with Crippen LogP contribution in [-0.4, -0.2) is 22.7 Å². The topological polar surface area (TPSA) is 20.3 Å². The molecule has 0 spiro atoms. The molecule has 2 atom stereocenters. The molecule has 0 aliphatic rings. The minimum Gasteiger partial charge on any atom is -0.335 e. The molecule has 0 heterocycles. The number of amides is 1. The number of carbonyl (C=O) groups excluding carboxylic acids is 1. The SMILES string of the molecule is CCC(C)N(Cc1ccccc1)C(=O)C(C)CCl. The second-order valence-electron chi connectivity index (χ2n) is 4.76. The average molecular weight is 268 g/mol. The first-order valence-corrected chi connectivity index (χ1v) is 7.04. The molecule has 3 heteroatoms. The zero-order valence-corrected chi connectivity index (χ0v) is 12.2. The van der Waals surface area contributed by atoms with Gasteiger partial charge in [-0.2, -0.15) is 0 Å². The quantitative estimate of drug-likeness (QED) is 0.720. The monoisotopic (exact) mass is 267 g/mol. The summed E-state index contributed by atoms with van der Waals surface area (Å²) < 4.78 is 0. The molecule has 1 amide bonds. The molecule has 0 aliphatic carbocycles. The van der Waals surface area contributed by atoms with E-state index in [4.69, 9.17) is 11.6 Å². The number of hydrogen-bond donors (Lipinski definition) is 0. The van der Waals surface area contributed by atoms with Crippen molar-refractivity contribution in [2.45, 2.75) is 39.8 Å². The molecule has 0 aromatic heterocycles. The smallest absolute Gasteiger partial charge is 0.227 e. The van der Waals surface area contributed by atoms with E-state index in [0.717, 1.165) is 12.0 Å². The number of alkyl halides is 1. The van der Waals surface area contributed by atoms with E-state index < -0.39 is 0 Å². The predicted octanol–water partition coefficient (Wildman–Crippen LogP) is 3.69. The van der Waals surface area contributed by atoms with E-state index in [0.29, 0.717) is 12.4 Å². The first kappa shape index (κ1) is 15.0. The van der Waals surface area contributed by atoms with Gasteiger partial charge < -0.3 is 4.90 Å². The highest BCUT2D eigenvalue weighted by molar-refractivity contribution is 6.19. The molecule has 0 bridgehead atoms. The predicted molar refractivity (Wildman–Crippen MR) is 76.6 cm³/mol. The van der Waals surface area contributed by atoms with Gasteiger partial charge >= 0.3 is 0 Å². The molecule has 0 saturated carbocycles. The fourth-order valence-corrected chi connectivity index (χ4v) is 1.93. The fourth-order valence-electron chi connectivity index (χ4n) is 1.80. The van der Waals surface area contributed by atoms with E-state index in [1.807, 2.05) is 42.2 Å². The lowest BCUT2D eigenvalue weighted by atomic mass is 10.1. The van der Waals surface area contributed by atoms with Crippen LogP contribution in [0, 0.1) is 5.92 Å². The second-order valence-corrected chi connectivity index (χ2v) is 5.07. The first-order valence-electron chi connectivity index (χ1n) is 6.50. The molecule has 1 aromatic carbocycles. The Morgan fingerprint density at radius 1 is 1.28 bits per heavy atom. The van der Waals surface area contributed by atoms with Gasteiger partial charge in [-0.3, -0.25) is 4.79 Å². The van der Waals surface area contributed by atoms with Crippen molar-refractivity contribution in [2.24, 2.45) is 5.92 Å². The van der Waals surface area contributed by atoms with Crippen LogP contribution in [0.25, 0.3) is 0 Å². The van der Waals surface area contributed by atoms with Crippen LogP contribution in [0.5, 0.6) is 0 Å². The van der Waals surface area contributed by atoms with E-state index in [1.54, 1.807) is 0 Å². The number of hydrogen-bond acceptors (Lipinski definition) is 1. The van der Waals surface area contributed by atoms with Crippen molar-refractivity contribution < 1.29 is 4.79 Å². The van der Waals surface area contributed by atoms with Crippen LogP contribution in [-0.2, 0) is 11.3 Å². The minimum atomic E-state index is -0.121. The lowest BCUT2D eigenvalue weighted by Gasteiger charge is -2.30. The van der Waals surface area contributed by atoms with Crippen LogP contribution in [0.2, 0.25) is 0 Å². The number of benzene rings is 1. The van der Waals surface area contributed by atoms with Crippen LogP contribution in [0.15, 0.2) is 30.3 Å². The van der Waals surface area contributed by atoms with Gasteiger partial charge in [-0.25, -0.2) is 0 Å². The van der Waals surface area contributed by atoms with Crippen LogP contribution >= 0.6 is 11.6 Å². The van der Waals surface area contributed by atoms with E-state index in [9.17, 15) is 4.79 Å². The highest BCUT2D eigenvalue weighted by Gasteiger charge is 2.23. The molecule has 1 rings (SSSR count). The van der Waals surface area contributed by atoms with Gasteiger partial charge in [0, 0.05) is 24.4 Å². The van der Waals surface area contributed by atoms with Gasteiger partial charge in [0.05, 0.1) is 0 Å². The Labute approximate surface area is 115 Å². The molecule has 0 saturated heterocycles. The first-order chi connectivity index (χ1) is 8.60. The molecule has 0 aliphatic heterocycles. The number of carbonyl (C=O) groups is 1. The van der Waals surface area contributed by atoms with Gasteiger partial charge in [0.1, 0.15) is 0 Å². The van der Waals surface area contributed by atoms with Crippen molar-refractivity contribution in [1.82, 2.24) is 4.90 Å². The maximum absolute atomic E-state index is 12.3. The summed E-state index contributed by atoms with van der Waals surface area (Å²) in [6.45, 7) is 6.73. The molecular formula is C15H22ClNO. The van der Waals surface area contributed by atoms with Gasteiger partial charge in [-0.05, 0) is 18.9 Å². The zero-order chi connectivity index (χ0) is 13.5. The van der Waals surface area contributed by atoms with Gasteiger partial charge in [0.25, 0.3) is 0 Å². The largest absolute Gasteiger partial charge is 0.335 e. The highest BCUT2D eigenvalue weighted by Crippen LogP contribution is 2.15. The molecule has 0 N–H and O–H groups in total. The van der Waals surface area contributed by atoms with Gasteiger partial charge in [0.2, 0.25) is 5.91 Å². The van der Waals surface area contributed by atoms with Crippen molar-refractivity contribution in [3.05, 3.63) is 35.9 Å². The van der Waals surface area contributed by atoms with E-state index in [1.165, 1.54) is 0 Å². The van der Waals surface area contributed by atoms with Crippen LogP contribution in [0.1, 0.15) is 32.8 Å². The molecule has 0 fully saturated rings. The van der Waals surface area contributed by atoms with Crippen LogP contribution in [0.4, 0.5) is 0 Å². The lowest BCUT2D eigenvalue weighted by Crippen LogP contribution is -2.41. The molecular weight excluding hydrogens is 246 g/mol. The molecule has 2 nitrogen and oxygen atoms in total. The Balaban J connectivity index is 2.82.